The van der Waals surface area contributed by atoms with Crippen LogP contribution < -0.4 is 0 Å². The van der Waals surface area contributed by atoms with Crippen molar-refractivity contribution in [3.8, 4) is 0 Å². The van der Waals surface area contributed by atoms with E-state index in [1.54, 1.807) is 0 Å². The molecule has 1 aliphatic carbocycles. The van der Waals surface area contributed by atoms with Crippen molar-refractivity contribution in [3.05, 3.63) is 23.3 Å². The Kier molecular flexibility index (Phi) is 6.00. The molecule has 0 fully saturated rings. The Labute approximate surface area is 122 Å². The predicted octanol–water partition coefficient (Wildman–Crippen LogP) is 3.77. The summed E-state index contributed by atoms with van der Waals surface area (Å²) in [6.45, 7) is 9.69. The summed E-state index contributed by atoms with van der Waals surface area (Å²) in [5.41, 5.74) is 2.06. The minimum atomic E-state index is -0.503. The van der Waals surface area contributed by atoms with E-state index in [2.05, 4.69) is 26.8 Å². The van der Waals surface area contributed by atoms with E-state index < -0.39 is 6.10 Å². The molecule has 0 aromatic carbocycles. The quantitative estimate of drug-likeness (QED) is 0.587. The molecule has 1 rings (SSSR count). The van der Waals surface area contributed by atoms with Gasteiger partial charge in [0.15, 0.2) is 0 Å². The van der Waals surface area contributed by atoms with Gasteiger partial charge in [0, 0.05) is 12.3 Å². The second kappa shape index (κ2) is 7.07. The molecular weight excluding hydrogens is 252 g/mol. The van der Waals surface area contributed by atoms with Gasteiger partial charge in [0.1, 0.15) is 6.10 Å². The second-order valence-corrected chi connectivity index (χ2v) is 6.58. The van der Waals surface area contributed by atoms with Crippen molar-refractivity contribution in [2.75, 3.05) is 0 Å². The van der Waals surface area contributed by atoms with Gasteiger partial charge in [-0.25, -0.2) is 0 Å². The Morgan fingerprint density at radius 1 is 1.40 bits per heavy atom. The summed E-state index contributed by atoms with van der Waals surface area (Å²) >= 11 is 0. The molecule has 0 saturated carbocycles. The number of hydrogen-bond donors (Lipinski definition) is 1. The molecule has 2 unspecified atom stereocenters. The SMILES string of the molecule is CC(=O)OC1/C=C(\C)C(O)C/C=C(\C)CCCC1(C)C. The number of aliphatic hydroxyl groups is 1. The molecule has 0 spiro atoms. The summed E-state index contributed by atoms with van der Waals surface area (Å²) < 4.78 is 5.48. The van der Waals surface area contributed by atoms with Gasteiger partial charge in [-0.3, -0.25) is 4.79 Å². The van der Waals surface area contributed by atoms with Gasteiger partial charge in [-0.05, 0) is 51.2 Å². The number of aliphatic hydroxyl groups excluding tert-OH is 1. The number of ether oxygens (including phenoxy) is 1. The molecule has 2 atom stereocenters. The molecular formula is C17H28O3. The Morgan fingerprint density at radius 3 is 2.65 bits per heavy atom. The highest BCUT2D eigenvalue weighted by molar-refractivity contribution is 5.66. The van der Waals surface area contributed by atoms with Crippen LogP contribution in [0.2, 0.25) is 0 Å². The van der Waals surface area contributed by atoms with E-state index >= 15 is 0 Å². The summed E-state index contributed by atoms with van der Waals surface area (Å²) in [6, 6.07) is 0. The van der Waals surface area contributed by atoms with Crippen molar-refractivity contribution >= 4 is 5.97 Å². The summed E-state index contributed by atoms with van der Waals surface area (Å²) in [6.07, 6.45) is 6.95. The van der Waals surface area contributed by atoms with Crippen LogP contribution in [-0.4, -0.2) is 23.3 Å². The highest BCUT2D eigenvalue weighted by Crippen LogP contribution is 2.33. The fraction of sp³-hybridized carbons (Fsp3) is 0.706. The highest BCUT2D eigenvalue weighted by Gasteiger charge is 2.31. The fourth-order valence-corrected chi connectivity index (χ4v) is 2.51. The first-order chi connectivity index (χ1) is 9.22. The van der Waals surface area contributed by atoms with Gasteiger partial charge in [-0.2, -0.15) is 0 Å². The van der Waals surface area contributed by atoms with Crippen LogP contribution in [0.25, 0.3) is 0 Å². The van der Waals surface area contributed by atoms with Crippen LogP contribution in [-0.2, 0) is 9.53 Å². The molecule has 0 bridgehead atoms. The number of carbonyl (C=O) groups excluding carboxylic acids is 1. The van der Waals surface area contributed by atoms with Crippen LogP contribution >= 0.6 is 0 Å². The summed E-state index contributed by atoms with van der Waals surface area (Å²) in [4.78, 5) is 11.3. The van der Waals surface area contributed by atoms with Crippen LogP contribution in [0, 0.1) is 5.41 Å². The van der Waals surface area contributed by atoms with Gasteiger partial charge in [-0.15, -0.1) is 0 Å². The lowest BCUT2D eigenvalue weighted by Crippen LogP contribution is -2.32. The molecule has 0 radical (unpaired) electrons. The van der Waals surface area contributed by atoms with Crippen molar-refractivity contribution in [1.82, 2.24) is 0 Å². The predicted molar refractivity (Wildman–Crippen MR) is 81.3 cm³/mol. The number of hydrogen-bond acceptors (Lipinski definition) is 3. The van der Waals surface area contributed by atoms with Crippen LogP contribution in [0.3, 0.4) is 0 Å². The zero-order valence-corrected chi connectivity index (χ0v) is 13.4. The van der Waals surface area contributed by atoms with Gasteiger partial charge in [-0.1, -0.05) is 25.5 Å². The molecule has 0 aromatic heterocycles. The largest absolute Gasteiger partial charge is 0.458 e. The number of allylic oxidation sites excluding steroid dienone is 1. The van der Waals surface area contributed by atoms with Gasteiger partial charge in [0.2, 0.25) is 0 Å². The molecule has 3 nitrogen and oxygen atoms in total. The topological polar surface area (TPSA) is 46.5 Å². The lowest BCUT2D eigenvalue weighted by molar-refractivity contribution is -0.149. The van der Waals surface area contributed by atoms with E-state index in [1.807, 2.05) is 13.0 Å². The summed E-state index contributed by atoms with van der Waals surface area (Å²) in [7, 11) is 0. The number of carbonyl (C=O) groups is 1. The monoisotopic (exact) mass is 280 g/mol. The Balaban J connectivity index is 3.05. The Bertz CT molecular complexity index is 404. The second-order valence-electron chi connectivity index (χ2n) is 6.58. The van der Waals surface area contributed by atoms with Crippen LogP contribution in [0.4, 0.5) is 0 Å². The molecule has 0 heterocycles. The third-order valence-corrected chi connectivity index (χ3v) is 4.08. The molecule has 0 saturated heterocycles. The van der Waals surface area contributed by atoms with Gasteiger partial charge in [0.05, 0.1) is 6.10 Å². The molecule has 0 aromatic rings. The smallest absolute Gasteiger partial charge is 0.303 e. The zero-order chi connectivity index (χ0) is 15.3. The van der Waals surface area contributed by atoms with Crippen LogP contribution in [0.5, 0.6) is 0 Å². The third-order valence-electron chi connectivity index (χ3n) is 4.08. The first-order valence-electron chi connectivity index (χ1n) is 7.41. The molecule has 1 N–H and O–H groups in total. The molecule has 114 valence electrons. The van der Waals surface area contributed by atoms with E-state index in [0.717, 1.165) is 24.8 Å². The number of rotatable bonds is 1. The van der Waals surface area contributed by atoms with E-state index in [0.29, 0.717) is 6.42 Å². The minimum Gasteiger partial charge on any atom is -0.458 e. The van der Waals surface area contributed by atoms with Crippen molar-refractivity contribution in [1.29, 1.82) is 0 Å². The molecule has 0 aliphatic heterocycles. The van der Waals surface area contributed by atoms with Crippen molar-refractivity contribution in [2.24, 2.45) is 5.41 Å². The van der Waals surface area contributed by atoms with Gasteiger partial charge >= 0.3 is 5.97 Å². The first-order valence-corrected chi connectivity index (χ1v) is 7.41. The molecule has 20 heavy (non-hydrogen) atoms. The number of esters is 1. The lowest BCUT2D eigenvalue weighted by atomic mass is 9.80. The van der Waals surface area contributed by atoms with E-state index in [-0.39, 0.29) is 17.5 Å². The third kappa shape index (κ3) is 5.12. The zero-order valence-electron chi connectivity index (χ0n) is 13.4. The lowest BCUT2D eigenvalue weighted by Gasteiger charge is -2.32. The average molecular weight is 280 g/mol. The van der Waals surface area contributed by atoms with Crippen LogP contribution in [0.1, 0.15) is 60.3 Å². The van der Waals surface area contributed by atoms with Crippen LogP contribution in [0.15, 0.2) is 23.3 Å². The van der Waals surface area contributed by atoms with Crippen molar-refractivity contribution < 1.29 is 14.6 Å². The Hall–Kier alpha value is -1.09. The van der Waals surface area contributed by atoms with Crippen molar-refractivity contribution in [2.45, 2.75) is 72.5 Å². The van der Waals surface area contributed by atoms with Gasteiger partial charge in [0.25, 0.3) is 0 Å². The average Bonchev–Trinajstić information content (AvgIpc) is 2.34. The van der Waals surface area contributed by atoms with E-state index in [1.165, 1.54) is 12.5 Å². The molecule has 0 amide bonds. The highest BCUT2D eigenvalue weighted by atomic mass is 16.5. The first kappa shape index (κ1) is 17.0. The normalized spacial score (nSPS) is 33.1. The Morgan fingerprint density at radius 2 is 2.05 bits per heavy atom. The molecule has 1 aliphatic rings. The van der Waals surface area contributed by atoms with E-state index in [9.17, 15) is 9.90 Å². The maximum atomic E-state index is 11.3. The maximum absolute atomic E-state index is 11.3. The van der Waals surface area contributed by atoms with E-state index in [4.69, 9.17) is 4.74 Å². The maximum Gasteiger partial charge on any atom is 0.303 e. The van der Waals surface area contributed by atoms with Gasteiger partial charge < -0.3 is 9.84 Å². The molecule has 3 heteroatoms. The fourth-order valence-electron chi connectivity index (χ4n) is 2.51. The summed E-state index contributed by atoms with van der Waals surface area (Å²) in [5, 5.41) is 10.2. The standard InChI is InChI=1S/C17H28O3/c1-12-7-6-10-17(4,5)16(20-14(3)18)11-13(2)15(19)9-8-12/h8,11,15-16,19H,6-7,9-10H2,1-5H3/b12-8+,13-11+. The van der Waals surface area contributed by atoms with Crippen molar-refractivity contribution in [3.63, 3.8) is 0 Å². The minimum absolute atomic E-state index is 0.128. The summed E-state index contributed by atoms with van der Waals surface area (Å²) in [5.74, 6) is -0.272.